The number of aryl methyl sites for hydroxylation is 4. The van der Waals surface area contributed by atoms with Gasteiger partial charge in [-0.25, -0.2) is 22.6 Å². The van der Waals surface area contributed by atoms with Crippen LogP contribution in [0.2, 0.25) is 0 Å². The number of amides is 2. The first-order valence-corrected chi connectivity index (χ1v) is 13.6. The van der Waals surface area contributed by atoms with Crippen molar-refractivity contribution in [1.29, 1.82) is 0 Å². The van der Waals surface area contributed by atoms with Crippen LogP contribution >= 0.6 is 0 Å². The zero-order valence-electron chi connectivity index (χ0n) is 21.8. The summed E-state index contributed by atoms with van der Waals surface area (Å²) in [4.78, 5) is 12.4. The van der Waals surface area contributed by atoms with E-state index in [0.29, 0.717) is 6.42 Å². The lowest BCUT2D eigenvalue weighted by atomic mass is 9.99. The first kappa shape index (κ1) is 26.2. The number of hydrogen-bond acceptors (Lipinski definition) is 4. The highest BCUT2D eigenvalue weighted by Crippen LogP contribution is 2.31. The highest BCUT2D eigenvalue weighted by Gasteiger charge is 2.19. The standard InChI is InChI=1S/C29H32N4O3S/c1-19-10-14-26(15-11-19)37(35,36)32-29(34)30-17-16-24-8-6-7-9-27(24)33-23(5)28(22(4)31-33)25-13-12-20(2)21(3)18-25/h6-15,18H,16-17H2,1-5H3,(H2,30,32,34). The van der Waals surface area contributed by atoms with Crippen LogP contribution in [0, 0.1) is 34.6 Å². The van der Waals surface area contributed by atoms with Crippen molar-refractivity contribution >= 4 is 16.1 Å². The number of sulfonamides is 1. The van der Waals surface area contributed by atoms with Crippen molar-refractivity contribution in [1.82, 2.24) is 19.8 Å². The highest BCUT2D eigenvalue weighted by molar-refractivity contribution is 7.90. The van der Waals surface area contributed by atoms with E-state index < -0.39 is 16.1 Å². The van der Waals surface area contributed by atoms with Crippen molar-refractivity contribution < 1.29 is 13.2 Å². The summed E-state index contributed by atoms with van der Waals surface area (Å²) < 4.78 is 29.0. The summed E-state index contributed by atoms with van der Waals surface area (Å²) in [5, 5.41) is 7.50. The number of carbonyl (C=O) groups is 1. The van der Waals surface area contributed by atoms with E-state index in [1.807, 2.05) is 42.8 Å². The number of nitrogens with zero attached hydrogens (tertiary/aromatic N) is 2. The number of aromatic nitrogens is 2. The van der Waals surface area contributed by atoms with Gasteiger partial charge in [-0.15, -0.1) is 0 Å². The molecule has 0 saturated heterocycles. The minimum atomic E-state index is -3.94. The Hall–Kier alpha value is -3.91. The van der Waals surface area contributed by atoms with Gasteiger partial charge in [-0.05, 0) is 81.5 Å². The van der Waals surface area contributed by atoms with E-state index >= 15 is 0 Å². The van der Waals surface area contributed by atoms with Crippen LogP contribution in [-0.2, 0) is 16.4 Å². The molecule has 0 unspecified atom stereocenters. The smallest absolute Gasteiger partial charge is 0.328 e. The molecule has 37 heavy (non-hydrogen) atoms. The van der Waals surface area contributed by atoms with E-state index in [1.54, 1.807) is 12.1 Å². The van der Waals surface area contributed by atoms with Gasteiger partial charge in [0.25, 0.3) is 10.0 Å². The van der Waals surface area contributed by atoms with E-state index in [2.05, 4.69) is 49.0 Å². The lowest BCUT2D eigenvalue weighted by molar-refractivity contribution is 0.246. The van der Waals surface area contributed by atoms with Crippen molar-refractivity contribution in [2.75, 3.05) is 6.54 Å². The summed E-state index contributed by atoms with van der Waals surface area (Å²) >= 11 is 0. The molecule has 0 aliphatic heterocycles. The fourth-order valence-corrected chi connectivity index (χ4v) is 5.29. The molecule has 2 N–H and O–H groups in total. The van der Waals surface area contributed by atoms with Crippen molar-refractivity contribution in [3.05, 3.63) is 100 Å². The predicted octanol–water partition coefficient (Wildman–Crippen LogP) is 5.31. The van der Waals surface area contributed by atoms with Crippen molar-refractivity contribution in [3.63, 3.8) is 0 Å². The number of benzene rings is 3. The molecule has 0 aliphatic rings. The minimum absolute atomic E-state index is 0.0442. The van der Waals surface area contributed by atoms with Crippen LogP contribution in [0.4, 0.5) is 4.79 Å². The molecule has 4 rings (SSSR count). The third-order valence-electron chi connectivity index (χ3n) is 6.54. The van der Waals surface area contributed by atoms with Crippen LogP contribution in [0.1, 0.15) is 33.6 Å². The molecular weight excluding hydrogens is 484 g/mol. The maximum atomic E-state index is 12.5. The molecule has 0 bridgehead atoms. The molecule has 2 amide bonds. The molecule has 1 heterocycles. The van der Waals surface area contributed by atoms with E-state index in [4.69, 9.17) is 5.10 Å². The number of hydrogen-bond donors (Lipinski definition) is 2. The van der Waals surface area contributed by atoms with Crippen molar-refractivity contribution in [2.45, 2.75) is 45.9 Å². The lowest BCUT2D eigenvalue weighted by Crippen LogP contribution is -2.40. The normalized spacial score (nSPS) is 11.4. The van der Waals surface area contributed by atoms with Gasteiger partial charge in [0.15, 0.2) is 0 Å². The third-order valence-corrected chi connectivity index (χ3v) is 7.89. The van der Waals surface area contributed by atoms with Crippen LogP contribution in [0.3, 0.4) is 0 Å². The molecule has 0 radical (unpaired) electrons. The van der Waals surface area contributed by atoms with E-state index in [0.717, 1.165) is 39.3 Å². The Bertz CT molecular complexity index is 1550. The molecule has 1 aromatic heterocycles. The van der Waals surface area contributed by atoms with Crippen LogP contribution in [0.15, 0.2) is 71.6 Å². The monoisotopic (exact) mass is 516 g/mol. The Morgan fingerprint density at radius 3 is 2.30 bits per heavy atom. The molecular formula is C29H32N4O3S. The van der Waals surface area contributed by atoms with Gasteiger partial charge >= 0.3 is 6.03 Å². The van der Waals surface area contributed by atoms with Crippen LogP contribution < -0.4 is 10.0 Å². The number of carbonyl (C=O) groups excluding carboxylic acids is 1. The predicted molar refractivity (Wildman–Crippen MR) is 147 cm³/mol. The number of urea groups is 1. The lowest BCUT2D eigenvalue weighted by Gasteiger charge is -2.13. The fraction of sp³-hybridized carbons (Fsp3) is 0.241. The SMILES string of the molecule is Cc1ccc(S(=O)(=O)NC(=O)NCCc2ccccc2-n2nc(C)c(-c3ccc(C)c(C)c3)c2C)cc1. The van der Waals surface area contributed by atoms with E-state index in [1.165, 1.54) is 23.3 Å². The largest absolute Gasteiger partial charge is 0.337 e. The van der Waals surface area contributed by atoms with Gasteiger partial charge in [-0.2, -0.15) is 5.10 Å². The summed E-state index contributed by atoms with van der Waals surface area (Å²) in [5.41, 5.74) is 9.54. The zero-order chi connectivity index (χ0) is 26.7. The minimum Gasteiger partial charge on any atom is -0.337 e. The van der Waals surface area contributed by atoms with Gasteiger partial charge in [0, 0.05) is 17.8 Å². The topological polar surface area (TPSA) is 93.1 Å². The molecule has 3 aromatic carbocycles. The second-order valence-corrected chi connectivity index (χ2v) is 11.0. The quantitative estimate of drug-likeness (QED) is 0.348. The van der Waals surface area contributed by atoms with Gasteiger partial charge in [0.05, 0.1) is 16.3 Å². The number of nitrogens with one attached hydrogen (secondary N) is 2. The average molecular weight is 517 g/mol. The summed E-state index contributed by atoms with van der Waals surface area (Å²) in [5.74, 6) is 0. The summed E-state index contributed by atoms with van der Waals surface area (Å²) in [6.07, 6.45) is 0.505. The first-order chi connectivity index (χ1) is 17.6. The fourth-order valence-electron chi connectivity index (χ4n) is 4.37. The van der Waals surface area contributed by atoms with E-state index in [-0.39, 0.29) is 11.4 Å². The Balaban J connectivity index is 1.49. The second-order valence-electron chi connectivity index (χ2n) is 9.31. The molecule has 0 atom stereocenters. The van der Waals surface area contributed by atoms with Crippen molar-refractivity contribution in [2.24, 2.45) is 0 Å². The molecule has 8 heteroatoms. The summed E-state index contributed by atoms with van der Waals surface area (Å²) in [7, 11) is -3.94. The summed E-state index contributed by atoms with van der Waals surface area (Å²) in [6.45, 7) is 10.4. The first-order valence-electron chi connectivity index (χ1n) is 12.2. The van der Waals surface area contributed by atoms with Crippen LogP contribution in [0.5, 0.6) is 0 Å². The summed E-state index contributed by atoms with van der Waals surface area (Å²) in [6, 6.07) is 19.9. The maximum Gasteiger partial charge on any atom is 0.328 e. The molecule has 0 spiro atoms. The van der Waals surface area contributed by atoms with Crippen LogP contribution in [-0.4, -0.2) is 30.8 Å². The maximum absolute atomic E-state index is 12.5. The van der Waals surface area contributed by atoms with Gasteiger partial charge in [0.1, 0.15) is 0 Å². The Kier molecular flexibility index (Phi) is 7.50. The highest BCUT2D eigenvalue weighted by atomic mass is 32.2. The Morgan fingerprint density at radius 2 is 1.59 bits per heavy atom. The van der Waals surface area contributed by atoms with Crippen LogP contribution in [0.25, 0.3) is 16.8 Å². The zero-order valence-corrected chi connectivity index (χ0v) is 22.6. The molecule has 0 aliphatic carbocycles. The Labute approximate surface area is 218 Å². The van der Waals surface area contributed by atoms with Gasteiger partial charge < -0.3 is 5.32 Å². The van der Waals surface area contributed by atoms with Gasteiger partial charge in [0.2, 0.25) is 0 Å². The van der Waals surface area contributed by atoms with Crippen molar-refractivity contribution in [3.8, 4) is 16.8 Å². The third kappa shape index (κ3) is 5.75. The molecule has 192 valence electrons. The molecule has 0 fully saturated rings. The van der Waals surface area contributed by atoms with Gasteiger partial charge in [-0.1, -0.05) is 54.1 Å². The Morgan fingerprint density at radius 1 is 0.892 bits per heavy atom. The average Bonchev–Trinajstić information content (AvgIpc) is 3.14. The van der Waals surface area contributed by atoms with Gasteiger partial charge in [-0.3, -0.25) is 0 Å². The number of rotatable bonds is 7. The second kappa shape index (κ2) is 10.6. The molecule has 4 aromatic rings. The molecule has 0 saturated carbocycles. The molecule has 7 nitrogen and oxygen atoms in total. The number of para-hydroxylation sites is 1. The van der Waals surface area contributed by atoms with E-state index in [9.17, 15) is 13.2 Å².